The lowest BCUT2D eigenvalue weighted by Crippen LogP contribution is -2.39. The molecule has 2 saturated carbocycles. The van der Waals surface area contributed by atoms with Crippen molar-refractivity contribution in [3.05, 3.63) is 46.0 Å². The average Bonchev–Trinajstić information content (AvgIpc) is 3.33. The van der Waals surface area contributed by atoms with E-state index in [-0.39, 0.29) is 27.8 Å². The third-order valence-electron chi connectivity index (χ3n) is 10.6. The van der Waals surface area contributed by atoms with Gasteiger partial charge in [0.25, 0.3) is 0 Å². The van der Waals surface area contributed by atoms with E-state index in [4.69, 9.17) is 0 Å². The highest BCUT2D eigenvalue weighted by molar-refractivity contribution is 7.18. The van der Waals surface area contributed by atoms with Crippen molar-refractivity contribution in [2.75, 3.05) is 30.8 Å². The number of likely N-dealkylation sites (tertiary alicyclic amines) is 1. The van der Waals surface area contributed by atoms with E-state index in [0.717, 1.165) is 86.9 Å². The van der Waals surface area contributed by atoms with Gasteiger partial charge in [0, 0.05) is 72.9 Å². The largest absolute Gasteiger partial charge is 0.393 e. The fraction of sp³-hybridized carbons (Fsp3) is 0.529. The number of amides is 1. The summed E-state index contributed by atoms with van der Waals surface area (Å²) in [7, 11) is 1.70. The number of rotatable bonds is 9. The third-order valence-corrected chi connectivity index (χ3v) is 11.6. The Bertz CT molecular complexity index is 1900. The van der Waals surface area contributed by atoms with Crippen LogP contribution in [0.1, 0.15) is 67.1 Å². The highest BCUT2D eigenvalue weighted by Crippen LogP contribution is 2.67. The van der Waals surface area contributed by atoms with Gasteiger partial charge >= 0.3 is 6.18 Å². The highest BCUT2D eigenvalue weighted by Gasteiger charge is 2.70. The Hall–Kier alpha value is -3.89. The van der Waals surface area contributed by atoms with E-state index < -0.39 is 12.6 Å². The molecule has 1 saturated heterocycles. The maximum atomic E-state index is 13.1. The molecule has 1 amide bonds. The molecule has 4 heterocycles. The van der Waals surface area contributed by atoms with E-state index in [1.165, 1.54) is 11.1 Å². The van der Waals surface area contributed by atoms with E-state index in [1.54, 1.807) is 20.0 Å². The van der Waals surface area contributed by atoms with Crippen molar-refractivity contribution in [1.82, 2.24) is 24.8 Å². The lowest BCUT2D eigenvalue weighted by molar-refractivity contribution is -0.126. The van der Waals surface area contributed by atoms with Gasteiger partial charge in [-0.25, -0.2) is 4.98 Å². The molecule has 2 aliphatic carbocycles. The van der Waals surface area contributed by atoms with Gasteiger partial charge in [0.05, 0.1) is 11.8 Å². The Morgan fingerprint density at radius 3 is 2.66 bits per heavy atom. The van der Waals surface area contributed by atoms with Crippen LogP contribution in [-0.2, 0) is 24.3 Å². The maximum absolute atomic E-state index is 13.1. The Morgan fingerprint density at radius 2 is 1.96 bits per heavy atom. The first kappa shape index (κ1) is 31.7. The molecule has 0 bridgehead atoms. The van der Waals surface area contributed by atoms with Crippen molar-refractivity contribution < 1.29 is 18.0 Å². The zero-order valence-corrected chi connectivity index (χ0v) is 27.7. The highest BCUT2D eigenvalue weighted by atomic mass is 32.1. The molecule has 2 atom stereocenters. The topological polar surface area (TPSA) is 111 Å². The molecule has 9 nitrogen and oxygen atoms in total. The summed E-state index contributed by atoms with van der Waals surface area (Å²) >= 11 is 1.05. The summed E-state index contributed by atoms with van der Waals surface area (Å²) in [6, 6.07) is 10.5. The van der Waals surface area contributed by atoms with Crippen molar-refractivity contribution in [1.29, 1.82) is 5.26 Å². The molecule has 4 aromatic rings. The second-order valence-corrected chi connectivity index (χ2v) is 14.8. The van der Waals surface area contributed by atoms with E-state index in [1.807, 2.05) is 6.07 Å². The summed E-state index contributed by atoms with van der Waals surface area (Å²) in [5.74, 6) is 0.963. The van der Waals surface area contributed by atoms with Crippen LogP contribution in [-0.4, -0.2) is 63.2 Å². The summed E-state index contributed by atoms with van der Waals surface area (Å²) in [4.78, 5) is 24.1. The first-order valence-electron chi connectivity index (χ1n) is 16.3. The van der Waals surface area contributed by atoms with Gasteiger partial charge < -0.3 is 20.5 Å². The number of nitrogens with one attached hydrogen (secondary N) is 3. The molecule has 1 aromatic carbocycles. The van der Waals surface area contributed by atoms with Crippen LogP contribution in [0, 0.1) is 23.7 Å². The van der Waals surface area contributed by atoms with E-state index in [0.29, 0.717) is 27.7 Å². The lowest BCUT2D eigenvalue weighted by Gasteiger charge is -2.33. The van der Waals surface area contributed by atoms with Crippen LogP contribution in [0.4, 0.5) is 24.9 Å². The second kappa shape index (κ2) is 11.7. The number of nitriles is 1. The number of hydrogen-bond donors (Lipinski definition) is 3. The maximum Gasteiger partial charge on any atom is 0.393 e. The molecular formula is C34H39F3N8OS. The first-order valence-corrected chi connectivity index (χ1v) is 17.1. The molecular weight excluding hydrogens is 625 g/mol. The number of piperidine rings is 1. The molecule has 0 radical (unpaired) electrons. The molecule has 47 heavy (non-hydrogen) atoms. The Kier molecular flexibility index (Phi) is 7.87. The number of thiophene rings is 1. The fourth-order valence-corrected chi connectivity index (χ4v) is 9.27. The molecule has 3 fully saturated rings. The number of anilines is 2. The van der Waals surface area contributed by atoms with Gasteiger partial charge in [-0.3, -0.25) is 9.69 Å². The van der Waals surface area contributed by atoms with Crippen LogP contribution >= 0.6 is 11.3 Å². The van der Waals surface area contributed by atoms with Gasteiger partial charge in [-0.2, -0.15) is 23.4 Å². The molecule has 3 N–H and O–H groups in total. The number of aryl methyl sites for hydroxylation is 1. The van der Waals surface area contributed by atoms with Gasteiger partial charge in [-0.05, 0) is 68.4 Å². The average molecular weight is 665 g/mol. The Morgan fingerprint density at radius 1 is 1.17 bits per heavy atom. The predicted octanol–water partition coefficient (Wildman–Crippen LogP) is 6.50. The third kappa shape index (κ3) is 5.91. The zero-order valence-electron chi connectivity index (χ0n) is 26.9. The summed E-state index contributed by atoms with van der Waals surface area (Å²) < 4.78 is 41.4. The minimum atomic E-state index is -4.28. The van der Waals surface area contributed by atoms with Crippen LogP contribution in [0.15, 0.2) is 24.3 Å². The van der Waals surface area contributed by atoms with Crippen LogP contribution in [0.2, 0.25) is 0 Å². The van der Waals surface area contributed by atoms with Crippen molar-refractivity contribution in [3.63, 3.8) is 0 Å². The summed E-state index contributed by atoms with van der Waals surface area (Å²) in [6.07, 6.45) is 0.604. The number of carbonyl (C=O) groups is 1. The van der Waals surface area contributed by atoms with Crippen molar-refractivity contribution in [3.8, 4) is 6.07 Å². The Balaban J connectivity index is 1.03. The number of alkyl halides is 3. The van der Waals surface area contributed by atoms with E-state index in [9.17, 15) is 23.2 Å². The normalized spacial score (nSPS) is 23.2. The van der Waals surface area contributed by atoms with Crippen molar-refractivity contribution in [2.24, 2.45) is 5.41 Å². The molecule has 7 rings (SSSR count). The standard InChI is InChI=1S/C34H39F3N8OS/c1-20-22(5-6-28-26(20)13-24(16-38)45(28)19-32-9-4-10-33(32,18-32)43-21(2)46)17-44-11-7-23(8-12-44)40-29-27-14-25(15-34(35,36)37)47-30(27)42-31(39-3)41-29/h5-6,13-14,23H,4,7-12,15,17-19H2,1-3H3,(H,43,46)(H2,39,40,41,42). The quantitative estimate of drug-likeness (QED) is 0.187. The minimum Gasteiger partial charge on any atom is -0.367 e. The second-order valence-electron chi connectivity index (χ2n) is 13.6. The number of benzene rings is 1. The number of nitrogens with zero attached hydrogens (tertiary/aromatic N) is 5. The molecule has 0 spiro atoms. The zero-order chi connectivity index (χ0) is 33.1. The molecule has 3 aromatic heterocycles. The summed E-state index contributed by atoms with van der Waals surface area (Å²) in [6.45, 7) is 6.99. The monoisotopic (exact) mass is 664 g/mol. The van der Waals surface area contributed by atoms with Gasteiger partial charge in [-0.15, -0.1) is 11.3 Å². The SMILES string of the molecule is CNc1nc(NC2CCN(Cc3ccc4c(cc(C#N)n4CC45CCCC4(NC(C)=O)C5)c3C)CC2)c2cc(CC(F)(F)F)sc2n1. The van der Waals surface area contributed by atoms with Gasteiger partial charge in [-0.1, -0.05) is 12.5 Å². The molecule has 13 heteroatoms. The fourth-order valence-electron chi connectivity index (χ4n) is 8.21. The lowest BCUT2D eigenvalue weighted by atomic mass is 10.00. The van der Waals surface area contributed by atoms with Crippen molar-refractivity contribution in [2.45, 2.75) is 89.6 Å². The van der Waals surface area contributed by atoms with Crippen LogP contribution in [0.3, 0.4) is 0 Å². The minimum absolute atomic E-state index is 0.0159. The van der Waals surface area contributed by atoms with Gasteiger partial charge in [0.1, 0.15) is 22.4 Å². The molecule has 2 unspecified atom stereocenters. The summed E-state index contributed by atoms with van der Waals surface area (Å²) in [5, 5.41) is 21.5. The number of carbonyl (C=O) groups excluding carboxylic acids is 1. The summed E-state index contributed by atoms with van der Waals surface area (Å²) in [5.41, 5.74) is 4.03. The van der Waals surface area contributed by atoms with Crippen LogP contribution < -0.4 is 16.0 Å². The van der Waals surface area contributed by atoms with Crippen LogP contribution in [0.25, 0.3) is 21.1 Å². The predicted molar refractivity (Wildman–Crippen MR) is 177 cm³/mol. The van der Waals surface area contributed by atoms with Gasteiger partial charge in [0.15, 0.2) is 0 Å². The van der Waals surface area contributed by atoms with Crippen molar-refractivity contribution >= 4 is 50.1 Å². The number of hydrogen-bond acceptors (Lipinski definition) is 8. The molecule has 3 aliphatic rings. The van der Waals surface area contributed by atoms with Crippen LogP contribution in [0.5, 0.6) is 0 Å². The van der Waals surface area contributed by atoms with Gasteiger partial charge in [0.2, 0.25) is 11.9 Å². The number of aromatic nitrogens is 3. The first-order chi connectivity index (χ1) is 22.4. The smallest absolute Gasteiger partial charge is 0.367 e. The molecule has 248 valence electrons. The Labute approximate surface area is 275 Å². The number of halogens is 3. The van der Waals surface area contributed by atoms with E-state index in [2.05, 4.69) is 60.5 Å². The van der Waals surface area contributed by atoms with E-state index >= 15 is 0 Å². The molecule has 1 aliphatic heterocycles. The number of fused-ring (bicyclic) bond motifs is 3.